The van der Waals surface area contributed by atoms with Gasteiger partial charge in [0.15, 0.2) is 17.0 Å². The minimum atomic E-state index is -3.97. The Morgan fingerprint density at radius 3 is 2.04 bits per heavy atom. The van der Waals surface area contributed by atoms with Gasteiger partial charge in [0.1, 0.15) is 35.8 Å². The lowest BCUT2D eigenvalue weighted by Gasteiger charge is -2.37. The van der Waals surface area contributed by atoms with E-state index >= 15 is 0 Å². The Hall–Kier alpha value is -5.43. The van der Waals surface area contributed by atoms with E-state index < -0.39 is 31.6 Å². The molecule has 272 valence electrons. The van der Waals surface area contributed by atoms with Crippen LogP contribution in [0, 0.1) is 0 Å². The number of fused-ring (bicyclic) bond motifs is 1. The molecule has 1 saturated heterocycles. The quantitative estimate of drug-likeness (QED) is 0.0975. The van der Waals surface area contributed by atoms with E-state index in [1.165, 1.54) is 12.7 Å². The molecule has 4 atom stereocenters. The van der Waals surface area contributed by atoms with E-state index in [9.17, 15) is 14.3 Å². The number of carbonyl (C=O) groups is 1. The summed E-state index contributed by atoms with van der Waals surface area (Å²) in [5, 5.41) is 2.81. The Balaban J connectivity index is 1.23. The topological polar surface area (TPSA) is 156 Å². The highest BCUT2D eigenvalue weighted by Crippen LogP contribution is 2.47. The van der Waals surface area contributed by atoms with Gasteiger partial charge in [-0.05, 0) is 53.1 Å². The third kappa shape index (κ3) is 7.57. The van der Waals surface area contributed by atoms with Gasteiger partial charge < -0.3 is 33.7 Å². The van der Waals surface area contributed by atoms with Gasteiger partial charge in [0.25, 0.3) is 5.91 Å². The number of methoxy groups -OCH3 is 2. The molecule has 2 aromatic heterocycles. The van der Waals surface area contributed by atoms with Crippen LogP contribution in [0.15, 0.2) is 122 Å². The molecule has 1 fully saturated rings. The predicted octanol–water partition coefficient (Wildman–Crippen LogP) is 6.59. The van der Waals surface area contributed by atoms with Crippen molar-refractivity contribution in [3.8, 4) is 11.5 Å². The van der Waals surface area contributed by atoms with Gasteiger partial charge in [0.2, 0.25) is 0 Å². The second-order valence-electron chi connectivity index (χ2n) is 12.5. The van der Waals surface area contributed by atoms with Crippen molar-refractivity contribution in [3.05, 3.63) is 144 Å². The zero-order valence-electron chi connectivity index (χ0n) is 29.2. The Kier molecular flexibility index (Phi) is 10.4. The van der Waals surface area contributed by atoms with Gasteiger partial charge in [0, 0.05) is 18.6 Å². The summed E-state index contributed by atoms with van der Waals surface area (Å²) in [5.41, 5.74) is 2.51. The molecule has 14 heteroatoms. The Morgan fingerprint density at radius 1 is 0.868 bits per heavy atom. The number of nitrogens with one attached hydrogen (secondary N) is 1. The van der Waals surface area contributed by atoms with Crippen LogP contribution in [-0.4, -0.2) is 70.0 Å². The summed E-state index contributed by atoms with van der Waals surface area (Å²) in [5.74, 6) is 1.25. The fourth-order valence-electron chi connectivity index (χ4n) is 6.59. The summed E-state index contributed by atoms with van der Waals surface area (Å²) in [4.78, 5) is 36.6. The minimum Gasteiger partial charge on any atom is -0.497 e. The summed E-state index contributed by atoms with van der Waals surface area (Å²) in [6.07, 6.45) is 0.670. The van der Waals surface area contributed by atoms with Crippen molar-refractivity contribution in [1.29, 1.82) is 0 Å². The van der Waals surface area contributed by atoms with E-state index in [-0.39, 0.29) is 24.8 Å². The molecule has 3 heterocycles. The first kappa shape index (κ1) is 36.0. The fourth-order valence-corrected chi connectivity index (χ4v) is 7.31. The van der Waals surface area contributed by atoms with Gasteiger partial charge in [-0.1, -0.05) is 72.8 Å². The number of aromatic nitrogens is 4. The Bertz CT molecular complexity index is 2170. The molecule has 0 radical (unpaired) electrons. The van der Waals surface area contributed by atoms with Crippen LogP contribution in [0.5, 0.6) is 11.5 Å². The molecule has 6 aromatic rings. The number of ether oxygens (including phenoxy) is 4. The maximum Gasteiger partial charge on any atom is 0.325 e. The first-order chi connectivity index (χ1) is 25.7. The number of anilines is 1. The van der Waals surface area contributed by atoms with E-state index in [2.05, 4.69) is 20.3 Å². The maximum absolute atomic E-state index is 12.9. The summed E-state index contributed by atoms with van der Waals surface area (Å²) in [6, 6.07) is 33.8. The van der Waals surface area contributed by atoms with Gasteiger partial charge in [-0.15, -0.1) is 0 Å². The highest BCUT2D eigenvalue weighted by molar-refractivity contribution is 7.51. The molecule has 2 unspecified atom stereocenters. The lowest BCUT2D eigenvalue weighted by Crippen LogP contribution is -2.38. The van der Waals surface area contributed by atoms with Crippen LogP contribution in [0.25, 0.3) is 11.2 Å². The largest absolute Gasteiger partial charge is 0.497 e. The number of imidazole rings is 1. The summed E-state index contributed by atoms with van der Waals surface area (Å²) < 4.78 is 44.8. The predicted molar refractivity (Wildman–Crippen MR) is 197 cm³/mol. The summed E-state index contributed by atoms with van der Waals surface area (Å²) >= 11 is 0. The lowest BCUT2D eigenvalue weighted by atomic mass is 9.80. The number of hydrogen-bond donors (Lipinski definition) is 2. The number of rotatable bonds is 13. The smallest absolute Gasteiger partial charge is 0.325 e. The van der Waals surface area contributed by atoms with Crippen molar-refractivity contribution in [2.45, 2.75) is 30.5 Å². The monoisotopic (exact) mass is 735 g/mol. The van der Waals surface area contributed by atoms with Crippen molar-refractivity contribution in [2.24, 2.45) is 0 Å². The average Bonchev–Trinajstić information content (AvgIpc) is 3.80. The molecular formula is C39H38N5O8P. The second kappa shape index (κ2) is 15.3. The normalized spacial score (nSPS) is 18.4. The third-order valence-corrected chi connectivity index (χ3v) is 9.75. The fraction of sp³-hybridized carbons (Fsp3) is 0.231. The molecule has 2 N–H and O–H groups in total. The SMILES string of the molecule is COc1ccc(C(OC[C@H]2OC(n3cnc4c(NC(=O)c5ccccc5)ncnc43)C[C@@H]2OP(C)(=O)O)(c2ccccc2)c2ccc(OC)cc2)cc1. The van der Waals surface area contributed by atoms with Crippen LogP contribution in [0.2, 0.25) is 0 Å². The first-order valence-electron chi connectivity index (χ1n) is 16.8. The second-order valence-corrected chi connectivity index (χ2v) is 14.3. The van der Waals surface area contributed by atoms with E-state index in [1.807, 2.05) is 84.9 Å². The highest BCUT2D eigenvalue weighted by Gasteiger charge is 2.44. The highest BCUT2D eigenvalue weighted by atomic mass is 31.2. The Labute approximate surface area is 306 Å². The lowest BCUT2D eigenvalue weighted by molar-refractivity contribution is -0.0907. The van der Waals surface area contributed by atoms with Crippen LogP contribution in [0.3, 0.4) is 0 Å². The average molecular weight is 736 g/mol. The minimum absolute atomic E-state index is 0.0475. The molecule has 0 saturated carbocycles. The number of nitrogens with zero attached hydrogens (tertiary/aromatic N) is 4. The van der Waals surface area contributed by atoms with Crippen LogP contribution in [0.4, 0.5) is 5.82 Å². The maximum atomic E-state index is 12.9. The number of amides is 1. The first-order valence-corrected chi connectivity index (χ1v) is 18.9. The van der Waals surface area contributed by atoms with E-state index in [4.69, 9.17) is 23.5 Å². The molecule has 4 aromatic carbocycles. The molecule has 0 aliphatic carbocycles. The van der Waals surface area contributed by atoms with Gasteiger partial charge in [-0.25, -0.2) is 15.0 Å². The van der Waals surface area contributed by atoms with Gasteiger partial charge >= 0.3 is 7.60 Å². The molecule has 13 nitrogen and oxygen atoms in total. The number of hydrogen-bond acceptors (Lipinski definition) is 10. The molecule has 0 bridgehead atoms. The van der Waals surface area contributed by atoms with Crippen molar-refractivity contribution in [1.82, 2.24) is 19.5 Å². The van der Waals surface area contributed by atoms with Gasteiger partial charge in [-0.2, -0.15) is 0 Å². The molecule has 1 amide bonds. The third-order valence-electron chi connectivity index (χ3n) is 9.09. The molecule has 53 heavy (non-hydrogen) atoms. The van der Waals surface area contributed by atoms with Crippen LogP contribution < -0.4 is 14.8 Å². The van der Waals surface area contributed by atoms with Gasteiger partial charge in [0.05, 0.1) is 33.3 Å². The van der Waals surface area contributed by atoms with E-state index in [0.717, 1.165) is 23.4 Å². The van der Waals surface area contributed by atoms with Crippen molar-refractivity contribution >= 4 is 30.5 Å². The number of benzene rings is 4. The van der Waals surface area contributed by atoms with E-state index in [1.54, 1.807) is 43.1 Å². The van der Waals surface area contributed by atoms with Crippen molar-refractivity contribution in [2.75, 3.05) is 32.8 Å². The standard InChI is InChI=1S/C39H38N5O8P/c1-48-30-18-14-28(15-19-30)39(27-12-8-5-9-13-27,29-16-20-31(49-2)21-17-29)50-23-33-32(52-53(3,46)47)22-34(51-33)44-25-42-35-36(40-24-41-37(35)44)43-38(45)26-10-6-4-7-11-26/h4-21,24-25,32-34H,22-23H2,1-3H3,(H,46,47)(H,40,41,43,45)/t32-,33+,34?/m0/s1. The molecule has 1 aliphatic heterocycles. The summed E-state index contributed by atoms with van der Waals surface area (Å²) in [7, 11) is -0.756. The molecule has 1 aliphatic rings. The van der Waals surface area contributed by atoms with Crippen LogP contribution >= 0.6 is 7.60 Å². The summed E-state index contributed by atoms with van der Waals surface area (Å²) in [6.45, 7) is 1.09. The zero-order chi connectivity index (χ0) is 37.0. The van der Waals surface area contributed by atoms with Crippen molar-refractivity contribution < 1.29 is 37.7 Å². The van der Waals surface area contributed by atoms with Gasteiger partial charge in [-0.3, -0.25) is 13.9 Å². The zero-order valence-corrected chi connectivity index (χ0v) is 30.1. The number of carbonyl (C=O) groups excluding carboxylic acids is 1. The molecule has 7 rings (SSSR count). The van der Waals surface area contributed by atoms with Crippen LogP contribution in [0.1, 0.15) is 39.7 Å². The van der Waals surface area contributed by atoms with Crippen LogP contribution in [-0.2, 0) is 24.2 Å². The van der Waals surface area contributed by atoms with E-state index in [0.29, 0.717) is 28.2 Å². The van der Waals surface area contributed by atoms with Crippen molar-refractivity contribution in [3.63, 3.8) is 0 Å². The Morgan fingerprint density at radius 2 is 1.45 bits per heavy atom. The molecular weight excluding hydrogens is 697 g/mol. The molecule has 0 spiro atoms.